The molecule has 0 radical (unpaired) electrons. The van der Waals surface area contributed by atoms with E-state index in [9.17, 15) is 0 Å². The van der Waals surface area contributed by atoms with Crippen LogP contribution in [0.25, 0.3) is 0 Å². The Hall–Kier alpha value is -1.17. The van der Waals surface area contributed by atoms with Gasteiger partial charge >= 0.3 is 0 Å². The van der Waals surface area contributed by atoms with Crippen LogP contribution >= 0.6 is 0 Å². The maximum Gasteiger partial charge on any atom is 0.185 e. The van der Waals surface area contributed by atoms with Crippen LogP contribution in [0.5, 0.6) is 0 Å². The molecular formula is C9H21N3. The second-order valence-electron chi connectivity index (χ2n) is 2.01. The Labute approximate surface area is 76.2 Å². The summed E-state index contributed by atoms with van der Waals surface area (Å²) in [7, 11) is 0. The van der Waals surface area contributed by atoms with E-state index in [2.05, 4.69) is 31.7 Å². The summed E-state index contributed by atoms with van der Waals surface area (Å²) in [6, 6.07) is 0. The quantitative estimate of drug-likeness (QED) is 0.374. The molecule has 0 heterocycles. The zero-order valence-electron chi connectivity index (χ0n) is 8.38. The molecule has 12 heavy (non-hydrogen) atoms. The normalized spacial score (nSPS) is 6.42. The van der Waals surface area contributed by atoms with Gasteiger partial charge < -0.3 is 11.5 Å². The van der Waals surface area contributed by atoms with Crippen molar-refractivity contribution < 1.29 is 0 Å². The van der Waals surface area contributed by atoms with Crippen LogP contribution in [-0.4, -0.2) is 12.5 Å². The minimum atomic E-state index is 0.182. The van der Waals surface area contributed by atoms with Crippen molar-refractivity contribution >= 4 is 5.96 Å². The molecule has 0 saturated heterocycles. The van der Waals surface area contributed by atoms with E-state index in [1.807, 2.05) is 6.92 Å². The van der Waals surface area contributed by atoms with Gasteiger partial charge in [-0.3, -0.25) is 4.99 Å². The molecule has 0 amide bonds. The van der Waals surface area contributed by atoms with Crippen molar-refractivity contribution in [3.8, 4) is 12.8 Å². The number of rotatable bonds is 2. The van der Waals surface area contributed by atoms with Crippen LogP contribution < -0.4 is 11.5 Å². The van der Waals surface area contributed by atoms with Gasteiger partial charge in [0.2, 0.25) is 0 Å². The summed E-state index contributed by atoms with van der Waals surface area (Å²) in [6.45, 7) is 7.01. The number of nitrogens with two attached hydrogens (primary N) is 2. The zero-order valence-corrected chi connectivity index (χ0v) is 8.38. The largest absolute Gasteiger partial charge is 0.370 e. The molecule has 0 aromatic carbocycles. The van der Waals surface area contributed by atoms with Gasteiger partial charge in [0.25, 0.3) is 0 Å². The zero-order chi connectivity index (χ0) is 10.4. The summed E-state index contributed by atoms with van der Waals surface area (Å²) in [5.74, 6) is 0.182. The summed E-state index contributed by atoms with van der Waals surface area (Å²) in [5, 5.41) is 0. The number of nitrogens with zero attached hydrogens (tertiary/aromatic N) is 1. The SMILES string of the molecule is C#C.CCC.CCCN=C(N)N. The lowest BCUT2D eigenvalue weighted by atomic mass is 10.5. The van der Waals surface area contributed by atoms with Crippen LogP contribution in [0.4, 0.5) is 0 Å². The highest BCUT2D eigenvalue weighted by atomic mass is 15.0. The van der Waals surface area contributed by atoms with Crippen LogP contribution in [0.15, 0.2) is 4.99 Å². The summed E-state index contributed by atoms with van der Waals surface area (Å²) < 4.78 is 0. The lowest BCUT2D eigenvalue weighted by Crippen LogP contribution is -2.22. The van der Waals surface area contributed by atoms with Crippen molar-refractivity contribution in [1.82, 2.24) is 0 Å². The van der Waals surface area contributed by atoms with Crippen LogP contribution in [0, 0.1) is 12.8 Å². The molecule has 3 nitrogen and oxygen atoms in total. The fourth-order valence-corrected chi connectivity index (χ4v) is 0.241. The Bertz CT molecular complexity index is 102. The standard InChI is InChI=1S/C4H11N3.C3H8.C2H2/c1-2-3-7-4(5)6;1-3-2;1-2/h2-3H2,1H3,(H4,5,6,7);3H2,1-2H3;1-2H. The number of terminal acetylenes is 1. The molecule has 0 rings (SSSR count). The smallest absolute Gasteiger partial charge is 0.185 e. The second kappa shape index (κ2) is 22.5. The first-order chi connectivity index (χ1) is 5.68. The number of hydrogen-bond donors (Lipinski definition) is 2. The van der Waals surface area contributed by atoms with E-state index in [-0.39, 0.29) is 5.96 Å². The van der Waals surface area contributed by atoms with Gasteiger partial charge in [0, 0.05) is 6.54 Å². The van der Waals surface area contributed by atoms with Crippen molar-refractivity contribution in [1.29, 1.82) is 0 Å². The van der Waals surface area contributed by atoms with Crippen LogP contribution in [0.2, 0.25) is 0 Å². The molecule has 3 heteroatoms. The second-order valence-corrected chi connectivity index (χ2v) is 2.01. The molecule has 0 unspecified atom stereocenters. The van der Waals surface area contributed by atoms with Gasteiger partial charge in [0.15, 0.2) is 5.96 Å². The van der Waals surface area contributed by atoms with Crippen LogP contribution in [0.1, 0.15) is 33.6 Å². The molecule has 0 aliphatic heterocycles. The fraction of sp³-hybridized carbons (Fsp3) is 0.667. The molecule has 0 aromatic heterocycles. The van der Waals surface area contributed by atoms with Gasteiger partial charge in [-0.05, 0) is 6.42 Å². The Balaban J connectivity index is -0.000000137. The van der Waals surface area contributed by atoms with Crippen LogP contribution in [0.3, 0.4) is 0 Å². The van der Waals surface area contributed by atoms with E-state index < -0.39 is 0 Å². The average molecular weight is 171 g/mol. The number of hydrogen-bond acceptors (Lipinski definition) is 1. The molecule has 0 aliphatic rings. The van der Waals surface area contributed by atoms with Gasteiger partial charge in [-0.25, -0.2) is 0 Å². The summed E-state index contributed by atoms with van der Waals surface area (Å²) in [6.07, 6.45) is 10.2. The third-order valence-corrected chi connectivity index (χ3v) is 0.518. The maximum absolute atomic E-state index is 5.01. The Morgan fingerprint density at radius 2 is 1.50 bits per heavy atom. The molecule has 0 bridgehead atoms. The molecule has 0 fully saturated rings. The first-order valence-electron chi connectivity index (χ1n) is 4.07. The van der Waals surface area contributed by atoms with Crippen LogP contribution in [-0.2, 0) is 0 Å². The molecule has 0 saturated carbocycles. The van der Waals surface area contributed by atoms with Gasteiger partial charge in [0.1, 0.15) is 0 Å². The van der Waals surface area contributed by atoms with Gasteiger partial charge in [0.05, 0.1) is 0 Å². The van der Waals surface area contributed by atoms with Gasteiger partial charge in [-0.2, -0.15) is 0 Å². The number of aliphatic imine (C=N–C) groups is 1. The first kappa shape index (κ1) is 17.1. The van der Waals surface area contributed by atoms with E-state index in [0.717, 1.165) is 13.0 Å². The van der Waals surface area contributed by atoms with Crippen molar-refractivity contribution in [2.75, 3.05) is 6.54 Å². The molecular weight excluding hydrogens is 150 g/mol. The minimum absolute atomic E-state index is 0.182. The highest BCUT2D eigenvalue weighted by Crippen LogP contribution is 1.73. The van der Waals surface area contributed by atoms with Crippen molar-refractivity contribution in [3.05, 3.63) is 0 Å². The van der Waals surface area contributed by atoms with E-state index >= 15 is 0 Å². The lowest BCUT2D eigenvalue weighted by molar-refractivity contribution is 0.927. The predicted octanol–water partition coefficient (Wildman–Crippen LogP) is 1.34. The molecule has 0 atom stereocenters. The first-order valence-corrected chi connectivity index (χ1v) is 4.07. The minimum Gasteiger partial charge on any atom is -0.370 e. The predicted molar refractivity (Wildman–Crippen MR) is 56.8 cm³/mol. The molecule has 0 aromatic rings. The van der Waals surface area contributed by atoms with E-state index in [1.54, 1.807) is 0 Å². The Morgan fingerprint density at radius 1 is 1.17 bits per heavy atom. The third-order valence-electron chi connectivity index (χ3n) is 0.518. The summed E-state index contributed by atoms with van der Waals surface area (Å²) in [4.78, 5) is 3.72. The monoisotopic (exact) mass is 171 g/mol. The summed E-state index contributed by atoms with van der Waals surface area (Å²) in [5.41, 5.74) is 10.0. The van der Waals surface area contributed by atoms with E-state index in [1.165, 1.54) is 6.42 Å². The summed E-state index contributed by atoms with van der Waals surface area (Å²) >= 11 is 0. The topological polar surface area (TPSA) is 64.4 Å². The van der Waals surface area contributed by atoms with Crippen molar-refractivity contribution in [2.45, 2.75) is 33.6 Å². The molecule has 4 N–H and O–H groups in total. The lowest BCUT2D eigenvalue weighted by Gasteiger charge is -1.86. The van der Waals surface area contributed by atoms with E-state index in [4.69, 9.17) is 11.5 Å². The molecule has 0 aliphatic carbocycles. The van der Waals surface area contributed by atoms with Crippen molar-refractivity contribution in [2.24, 2.45) is 16.5 Å². The highest BCUT2D eigenvalue weighted by molar-refractivity contribution is 5.75. The average Bonchev–Trinajstić information content (AvgIpc) is 2.06. The molecule has 0 spiro atoms. The third kappa shape index (κ3) is 67.6. The van der Waals surface area contributed by atoms with E-state index in [0.29, 0.717) is 0 Å². The van der Waals surface area contributed by atoms with Gasteiger partial charge in [-0.15, -0.1) is 12.8 Å². The number of guanidine groups is 1. The Kier molecular flexibility index (Phi) is 32.1. The highest BCUT2D eigenvalue weighted by Gasteiger charge is 1.74. The van der Waals surface area contributed by atoms with Gasteiger partial charge in [-0.1, -0.05) is 27.2 Å². The fourth-order valence-electron chi connectivity index (χ4n) is 0.241. The Morgan fingerprint density at radius 3 is 1.58 bits per heavy atom. The van der Waals surface area contributed by atoms with Crippen molar-refractivity contribution in [3.63, 3.8) is 0 Å². The maximum atomic E-state index is 5.01. The molecule has 72 valence electrons.